The molecule has 1 aromatic heterocycles. The first-order chi connectivity index (χ1) is 9.07. The van der Waals surface area contributed by atoms with E-state index in [1.54, 1.807) is 0 Å². The SMILES string of the molecule is C#CCN(CC1CC1)S(=O)(=O)c1ccc(C#N)nc1. The van der Waals surface area contributed by atoms with Crippen molar-refractivity contribution in [1.29, 1.82) is 5.26 Å². The molecule has 5 nitrogen and oxygen atoms in total. The molecular formula is C13H13N3O2S. The zero-order valence-electron chi connectivity index (χ0n) is 10.3. The fourth-order valence-electron chi connectivity index (χ4n) is 1.69. The van der Waals surface area contributed by atoms with Crippen molar-refractivity contribution in [2.75, 3.05) is 13.1 Å². The van der Waals surface area contributed by atoms with E-state index in [2.05, 4.69) is 10.9 Å². The Hall–Kier alpha value is -1.89. The normalized spacial score (nSPS) is 14.9. The molecule has 0 saturated heterocycles. The summed E-state index contributed by atoms with van der Waals surface area (Å²) >= 11 is 0. The van der Waals surface area contributed by atoms with Gasteiger partial charge in [-0.25, -0.2) is 13.4 Å². The van der Waals surface area contributed by atoms with Crippen molar-refractivity contribution in [3.8, 4) is 18.4 Å². The fraction of sp³-hybridized carbons (Fsp3) is 0.385. The number of sulfonamides is 1. The van der Waals surface area contributed by atoms with Gasteiger partial charge in [-0.15, -0.1) is 6.42 Å². The summed E-state index contributed by atoms with van der Waals surface area (Å²) in [6, 6.07) is 4.62. The third-order valence-electron chi connectivity index (χ3n) is 2.92. The molecule has 0 atom stereocenters. The Bertz CT molecular complexity index is 634. The Morgan fingerprint density at radius 1 is 1.47 bits per heavy atom. The van der Waals surface area contributed by atoms with Crippen molar-refractivity contribution >= 4 is 10.0 Å². The van der Waals surface area contributed by atoms with E-state index in [1.165, 1.54) is 22.6 Å². The highest BCUT2D eigenvalue weighted by Crippen LogP contribution is 2.31. The predicted octanol–water partition coefficient (Wildman–Crippen LogP) is 0.987. The fourth-order valence-corrected chi connectivity index (χ4v) is 3.06. The maximum Gasteiger partial charge on any atom is 0.245 e. The monoisotopic (exact) mass is 275 g/mol. The zero-order valence-corrected chi connectivity index (χ0v) is 11.1. The summed E-state index contributed by atoms with van der Waals surface area (Å²) in [4.78, 5) is 3.85. The third kappa shape index (κ3) is 3.11. The minimum atomic E-state index is -3.62. The van der Waals surface area contributed by atoms with Crippen molar-refractivity contribution in [1.82, 2.24) is 9.29 Å². The Balaban J connectivity index is 2.27. The average Bonchev–Trinajstić information content (AvgIpc) is 3.22. The van der Waals surface area contributed by atoms with Gasteiger partial charge in [0.05, 0.1) is 6.54 Å². The first-order valence-corrected chi connectivity index (χ1v) is 7.31. The summed E-state index contributed by atoms with van der Waals surface area (Å²) in [5.74, 6) is 2.78. The molecule has 0 radical (unpaired) electrons. The van der Waals surface area contributed by atoms with Gasteiger partial charge in [0, 0.05) is 12.7 Å². The number of rotatable bonds is 5. The van der Waals surface area contributed by atoms with Crippen molar-refractivity contribution in [2.45, 2.75) is 17.7 Å². The van der Waals surface area contributed by atoms with Crippen LogP contribution in [0.25, 0.3) is 0 Å². The Kier molecular flexibility index (Phi) is 3.84. The maximum atomic E-state index is 12.4. The van der Waals surface area contributed by atoms with Crippen LogP contribution < -0.4 is 0 Å². The number of nitriles is 1. The minimum Gasteiger partial charge on any atom is -0.244 e. The van der Waals surface area contributed by atoms with E-state index in [9.17, 15) is 8.42 Å². The molecule has 0 aliphatic heterocycles. The number of pyridine rings is 1. The number of hydrogen-bond acceptors (Lipinski definition) is 4. The molecule has 1 aromatic rings. The van der Waals surface area contributed by atoms with Gasteiger partial charge in [0.1, 0.15) is 16.7 Å². The predicted molar refractivity (Wildman–Crippen MR) is 69.3 cm³/mol. The van der Waals surface area contributed by atoms with Gasteiger partial charge in [-0.1, -0.05) is 5.92 Å². The van der Waals surface area contributed by atoms with Crippen molar-refractivity contribution in [3.63, 3.8) is 0 Å². The largest absolute Gasteiger partial charge is 0.245 e. The lowest BCUT2D eigenvalue weighted by Gasteiger charge is -2.19. The van der Waals surface area contributed by atoms with Crippen LogP contribution in [0.1, 0.15) is 18.5 Å². The second-order valence-corrected chi connectivity index (χ2v) is 6.37. The first kappa shape index (κ1) is 13.5. The van der Waals surface area contributed by atoms with Crippen molar-refractivity contribution in [2.24, 2.45) is 5.92 Å². The van der Waals surface area contributed by atoms with Gasteiger partial charge in [-0.2, -0.15) is 9.57 Å². The highest BCUT2D eigenvalue weighted by Gasteiger charge is 2.31. The van der Waals surface area contributed by atoms with Gasteiger partial charge >= 0.3 is 0 Å². The zero-order chi connectivity index (χ0) is 13.9. The van der Waals surface area contributed by atoms with E-state index in [1.807, 2.05) is 6.07 Å². The van der Waals surface area contributed by atoms with Crippen molar-refractivity contribution < 1.29 is 8.42 Å². The molecule has 1 fully saturated rings. The quantitative estimate of drug-likeness (QED) is 0.751. The molecule has 1 saturated carbocycles. The van der Waals surface area contributed by atoms with Crippen LogP contribution in [-0.4, -0.2) is 30.8 Å². The lowest BCUT2D eigenvalue weighted by atomic mass is 10.4. The molecule has 0 spiro atoms. The Morgan fingerprint density at radius 3 is 2.68 bits per heavy atom. The van der Waals surface area contributed by atoms with E-state index < -0.39 is 10.0 Å². The van der Waals surface area contributed by atoms with E-state index in [4.69, 9.17) is 11.7 Å². The number of nitrogens with zero attached hydrogens (tertiary/aromatic N) is 3. The van der Waals surface area contributed by atoms with Crippen LogP contribution >= 0.6 is 0 Å². The molecule has 1 aliphatic rings. The summed E-state index contributed by atoms with van der Waals surface area (Å²) < 4.78 is 26.1. The molecule has 0 amide bonds. The molecule has 6 heteroatoms. The van der Waals surface area contributed by atoms with Crippen LogP contribution in [0.15, 0.2) is 23.2 Å². The molecule has 1 aliphatic carbocycles. The lowest BCUT2D eigenvalue weighted by molar-refractivity contribution is 0.430. The second kappa shape index (κ2) is 5.40. The third-order valence-corrected chi connectivity index (χ3v) is 4.71. The lowest BCUT2D eigenvalue weighted by Crippen LogP contribution is -2.33. The molecule has 98 valence electrons. The van der Waals surface area contributed by atoms with Gasteiger partial charge in [-0.05, 0) is 30.9 Å². The average molecular weight is 275 g/mol. The highest BCUT2D eigenvalue weighted by atomic mass is 32.2. The smallest absolute Gasteiger partial charge is 0.244 e. The summed E-state index contributed by atoms with van der Waals surface area (Å²) in [7, 11) is -3.62. The van der Waals surface area contributed by atoms with Gasteiger partial charge in [0.15, 0.2) is 0 Å². The topological polar surface area (TPSA) is 74.1 Å². The maximum absolute atomic E-state index is 12.4. The van der Waals surface area contributed by atoms with Crippen LogP contribution in [0.3, 0.4) is 0 Å². The molecule has 0 unspecified atom stereocenters. The molecule has 19 heavy (non-hydrogen) atoms. The van der Waals surface area contributed by atoms with Gasteiger partial charge in [-0.3, -0.25) is 0 Å². The Labute approximate surface area is 112 Å². The molecule has 0 N–H and O–H groups in total. The van der Waals surface area contributed by atoms with Crippen LogP contribution in [0.4, 0.5) is 0 Å². The van der Waals surface area contributed by atoms with E-state index in [0.29, 0.717) is 12.5 Å². The summed E-state index contributed by atoms with van der Waals surface area (Å²) in [6.07, 6.45) is 8.52. The van der Waals surface area contributed by atoms with Crippen LogP contribution in [0, 0.1) is 29.6 Å². The second-order valence-electron chi connectivity index (χ2n) is 4.44. The first-order valence-electron chi connectivity index (χ1n) is 5.87. The van der Waals surface area contributed by atoms with Gasteiger partial charge in [0.25, 0.3) is 0 Å². The summed E-state index contributed by atoms with van der Waals surface area (Å²) in [5.41, 5.74) is 0.185. The molecule has 1 heterocycles. The molecule has 0 bridgehead atoms. The van der Waals surface area contributed by atoms with E-state index >= 15 is 0 Å². The minimum absolute atomic E-state index is 0.0544. The van der Waals surface area contributed by atoms with E-state index in [-0.39, 0.29) is 17.1 Å². The Morgan fingerprint density at radius 2 is 2.21 bits per heavy atom. The summed E-state index contributed by atoms with van der Waals surface area (Å²) in [5, 5.41) is 8.65. The van der Waals surface area contributed by atoms with Crippen LogP contribution in [0.2, 0.25) is 0 Å². The van der Waals surface area contributed by atoms with Crippen molar-refractivity contribution in [3.05, 3.63) is 24.0 Å². The van der Waals surface area contributed by atoms with Crippen LogP contribution in [-0.2, 0) is 10.0 Å². The van der Waals surface area contributed by atoms with Gasteiger partial charge in [0.2, 0.25) is 10.0 Å². The number of terminal acetylenes is 1. The molecular weight excluding hydrogens is 262 g/mol. The summed E-state index contributed by atoms with van der Waals surface area (Å²) in [6.45, 7) is 0.505. The molecule has 2 rings (SSSR count). The standard InChI is InChI=1S/C13H13N3O2S/c1-2-7-16(10-11-3-4-11)19(17,18)13-6-5-12(8-14)15-9-13/h1,5-6,9,11H,3-4,7,10H2. The highest BCUT2D eigenvalue weighted by molar-refractivity contribution is 7.89. The van der Waals surface area contributed by atoms with E-state index in [0.717, 1.165) is 12.8 Å². The molecule has 0 aromatic carbocycles. The number of aromatic nitrogens is 1. The van der Waals surface area contributed by atoms with Crippen LogP contribution in [0.5, 0.6) is 0 Å². The van der Waals surface area contributed by atoms with Gasteiger partial charge < -0.3 is 0 Å². The number of hydrogen-bond donors (Lipinski definition) is 0.